The van der Waals surface area contributed by atoms with E-state index in [-0.39, 0.29) is 1.43 Å². The van der Waals surface area contributed by atoms with Crippen LogP contribution in [0.3, 0.4) is 0 Å². The third kappa shape index (κ3) is 5.90. The van der Waals surface area contributed by atoms with Gasteiger partial charge in [0.1, 0.15) is 0 Å². The van der Waals surface area contributed by atoms with Crippen LogP contribution >= 0.6 is 0 Å². The molecule has 128 valence electrons. The van der Waals surface area contributed by atoms with Crippen LogP contribution in [0.1, 0.15) is 81.0 Å². The average molecular weight is 299 g/mol. The van der Waals surface area contributed by atoms with Crippen LogP contribution in [0, 0.1) is 17.3 Å². The molecule has 2 heteroatoms. The molecule has 2 rings (SSSR count). The maximum atomic E-state index is 6.00. The number of rotatable bonds is 4. The number of hydrogen-bond donors (Lipinski definition) is 1. The molecule has 0 unspecified atom stereocenters. The summed E-state index contributed by atoms with van der Waals surface area (Å²) in [5.74, 6) is 1.86. The number of hydrogen-bond acceptors (Lipinski definition) is 2. The second-order valence-corrected chi connectivity index (χ2v) is 7.70. The van der Waals surface area contributed by atoms with E-state index in [1.807, 2.05) is 13.8 Å². The highest BCUT2D eigenvalue weighted by molar-refractivity contribution is 4.84. The van der Waals surface area contributed by atoms with Crippen LogP contribution in [0.2, 0.25) is 0 Å². The normalized spacial score (nSPS) is 28.9. The Hall–Kier alpha value is -0.0800. The smallest absolute Gasteiger partial charge is 0.00390 e. The van der Waals surface area contributed by atoms with Gasteiger partial charge in [0.2, 0.25) is 0 Å². The fourth-order valence-corrected chi connectivity index (χ4v) is 3.92. The summed E-state index contributed by atoms with van der Waals surface area (Å²) < 4.78 is 0. The standard InChI is InChI=1S/C17H34N2.C2H6.H2/c1-4-17(2,3)15-9-11-19(12-10-15)13-14-5-7-16(18)8-6-14;1-2;/h14-16H,4-13,18H2,1-3H3;1-2H3;1H. The minimum absolute atomic E-state index is 0. The monoisotopic (exact) mass is 298 g/mol. The Balaban J connectivity index is 0.00000141. The molecular formula is C19H42N2. The second kappa shape index (κ2) is 9.15. The third-order valence-corrected chi connectivity index (χ3v) is 6.01. The van der Waals surface area contributed by atoms with Crippen molar-refractivity contribution in [2.45, 2.75) is 85.6 Å². The highest BCUT2D eigenvalue weighted by Crippen LogP contribution is 2.37. The first-order valence-electron chi connectivity index (χ1n) is 9.49. The lowest BCUT2D eigenvalue weighted by molar-refractivity contribution is 0.0824. The number of nitrogens with zero attached hydrogens (tertiary/aromatic N) is 1. The van der Waals surface area contributed by atoms with Crippen molar-refractivity contribution in [2.24, 2.45) is 23.0 Å². The molecule has 0 amide bonds. The highest BCUT2D eigenvalue weighted by atomic mass is 15.1. The maximum absolute atomic E-state index is 6.00. The first kappa shape index (κ1) is 19.0. The Morgan fingerprint density at radius 3 is 2.00 bits per heavy atom. The zero-order valence-corrected chi connectivity index (χ0v) is 15.3. The van der Waals surface area contributed by atoms with Crippen molar-refractivity contribution in [3.8, 4) is 0 Å². The molecule has 1 aliphatic carbocycles. The molecule has 21 heavy (non-hydrogen) atoms. The summed E-state index contributed by atoms with van der Waals surface area (Å²) >= 11 is 0. The van der Waals surface area contributed by atoms with Crippen LogP contribution in [-0.4, -0.2) is 30.6 Å². The molecule has 0 aromatic rings. The van der Waals surface area contributed by atoms with Crippen molar-refractivity contribution in [1.29, 1.82) is 0 Å². The van der Waals surface area contributed by atoms with Crippen molar-refractivity contribution in [1.82, 2.24) is 4.90 Å². The van der Waals surface area contributed by atoms with Crippen molar-refractivity contribution < 1.29 is 1.43 Å². The van der Waals surface area contributed by atoms with Gasteiger partial charge in [-0.15, -0.1) is 0 Å². The molecule has 1 aliphatic heterocycles. The van der Waals surface area contributed by atoms with E-state index in [0.717, 1.165) is 11.8 Å². The molecule has 0 aromatic heterocycles. The maximum Gasteiger partial charge on any atom is 0.00390 e. The summed E-state index contributed by atoms with van der Waals surface area (Å²) in [7, 11) is 0. The van der Waals surface area contributed by atoms with Crippen molar-refractivity contribution in [2.75, 3.05) is 19.6 Å². The first-order chi connectivity index (χ1) is 10.0. The van der Waals surface area contributed by atoms with Crippen LogP contribution in [0.5, 0.6) is 0 Å². The average Bonchev–Trinajstić information content (AvgIpc) is 2.52. The van der Waals surface area contributed by atoms with Crippen LogP contribution in [0.25, 0.3) is 0 Å². The van der Waals surface area contributed by atoms with E-state index in [4.69, 9.17) is 5.73 Å². The predicted molar refractivity (Wildman–Crippen MR) is 96.6 cm³/mol. The van der Waals surface area contributed by atoms with Crippen molar-refractivity contribution in [3.63, 3.8) is 0 Å². The Kier molecular flexibility index (Phi) is 8.26. The van der Waals surface area contributed by atoms with Gasteiger partial charge < -0.3 is 10.6 Å². The second-order valence-electron chi connectivity index (χ2n) is 7.70. The van der Waals surface area contributed by atoms with Gasteiger partial charge in [-0.05, 0) is 68.9 Å². The van der Waals surface area contributed by atoms with Gasteiger partial charge in [0.25, 0.3) is 0 Å². The topological polar surface area (TPSA) is 29.3 Å². The van der Waals surface area contributed by atoms with Gasteiger partial charge in [-0.2, -0.15) is 0 Å². The van der Waals surface area contributed by atoms with Gasteiger partial charge in [0, 0.05) is 14.0 Å². The molecule has 0 aromatic carbocycles. The Morgan fingerprint density at radius 1 is 1.00 bits per heavy atom. The summed E-state index contributed by atoms with van der Waals surface area (Å²) in [6.07, 6.45) is 9.37. The zero-order valence-electron chi connectivity index (χ0n) is 15.3. The molecule has 0 spiro atoms. The summed E-state index contributed by atoms with van der Waals surface area (Å²) in [6.45, 7) is 15.3. The van der Waals surface area contributed by atoms with Crippen LogP contribution in [0.4, 0.5) is 0 Å². The Bertz CT molecular complexity index is 265. The molecule has 1 saturated heterocycles. The number of piperidine rings is 1. The Labute approximate surface area is 135 Å². The molecule has 0 atom stereocenters. The summed E-state index contributed by atoms with van der Waals surface area (Å²) in [5.41, 5.74) is 6.54. The molecule has 2 nitrogen and oxygen atoms in total. The largest absolute Gasteiger partial charge is 0.328 e. The summed E-state index contributed by atoms with van der Waals surface area (Å²) in [4.78, 5) is 2.73. The molecule has 2 fully saturated rings. The van der Waals surface area contributed by atoms with Crippen molar-refractivity contribution >= 4 is 0 Å². The van der Waals surface area contributed by atoms with Crippen LogP contribution in [-0.2, 0) is 0 Å². The van der Waals surface area contributed by atoms with Gasteiger partial charge >= 0.3 is 0 Å². The lowest BCUT2D eigenvalue weighted by Gasteiger charge is -2.41. The third-order valence-electron chi connectivity index (χ3n) is 6.01. The molecular weight excluding hydrogens is 256 g/mol. The lowest BCUT2D eigenvalue weighted by Crippen LogP contribution is -2.41. The van der Waals surface area contributed by atoms with Gasteiger partial charge in [0.05, 0.1) is 0 Å². The minimum Gasteiger partial charge on any atom is -0.328 e. The van der Waals surface area contributed by atoms with E-state index in [1.54, 1.807) is 0 Å². The molecule has 0 bridgehead atoms. The predicted octanol–water partition coefficient (Wildman–Crippen LogP) is 4.92. The number of likely N-dealkylation sites (tertiary alicyclic amines) is 1. The van der Waals surface area contributed by atoms with Crippen LogP contribution < -0.4 is 5.73 Å². The number of nitrogens with two attached hydrogens (primary N) is 1. The SMILES string of the molecule is CC.CCC(C)(C)C1CCN(CC2CCC(N)CC2)CC1.[HH]. The molecule has 1 heterocycles. The van der Waals surface area contributed by atoms with E-state index in [9.17, 15) is 0 Å². The first-order valence-corrected chi connectivity index (χ1v) is 9.49. The van der Waals surface area contributed by atoms with Crippen LogP contribution in [0.15, 0.2) is 0 Å². The fourth-order valence-electron chi connectivity index (χ4n) is 3.92. The fraction of sp³-hybridized carbons (Fsp3) is 1.00. The molecule has 2 aliphatic rings. The molecule has 1 saturated carbocycles. The Morgan fingerprint density at radius 2 is 1.52 bits per heavy atom. The van der Waals surface area contributed by atoms with Gasteiger partial charge in [-0.3, -0.25) is 0 Å². The van der Waals surface area contributed by atoms with E-state index >= 15 is 0 Å². The van der Waals surface area contributed by atoms with E-state index in [0.29, 0.717) is 11.5 Å². The van der Waals surface area contributed by atoms with E-state index in [2.05, 4.69) is 25.7 Å². The molecule has 2 N–H and O–H groups in total. The van der Waals surface area contributed by atoms with Crippen molar-refractivity contribution in [3.05, 3.63) is 0 Å². The quantitative estimate of drug-likeness (QED) is 0.798. The summed E-state index contributed by atoms with van der Waals surface area (Å²) in [6, 6.07) is 0.493. The highest BCUT2D eigenvalue weighted by Gasteiger charge is 2.31. The van der Waals surface area contributed by atoms with Gasteiger partial charge in [-0.25, -0.2) is 0 Å². The zero-order chi connectivity index (χ0) is 15.9. The molecule has 0 radical (unpaired) electrons. The van der Waals surface area contributed by atoms with Gasteiger partial charge in [-0.1, -0.05) is 41.0 Å². The lowest BCUT2D eigenvalue weighted by atomic mass is 9.72. The summed E-state index contributed by atoms with van der Waals surface area (Å²) in [5, 5.41) is 0. The minimum atomic E-state index is 0. The van der Waals surface area contributed by atoms with Gasteiger partial charge in [0.15, 0.2) is 0 Å². The van der Waals surface area contributed by atoms with E-state index in [1.165, 1.54) is 64.6 Å². The van der Waals surface area contributed by atoms with E-state index < -0.39 is 0 Å².